The van der Waals surface area contributed by atoms with Gasteiger partial charge in [0.1, 0.15) is 0 Å². The van der Waals surface area contributed by atoms with Crippen LogP contribution in [-0.2, 0) is 12.3 Å². The van der Waals surface area contributed by atoms with Gasteiger partial charge in [-0.25, -0.2) is 0 Å². The molecule has 2 aromatic rings. The Morgan fingerprint density at radius 1 is 0.421 bits per heavy atom. The monoisotopic (exact) mass is 584 g/mol. The van der Waals surface area contributed by atoms with Crippen molar-refractivity contribution in [1.82, 2.24) is 0 Å². The molecule has 1 aliphatic rings. The zero-order valence-corrected chi connectivity index (χ0v) is 17.7. The van der Waals surface area contributed by atoms with Gasteiger partial charge in [-0.05, 0) is 28.7 Å². The lowest BCUT2D eigenvalue weighted by atomic mass is 9.85. The maximum atomic E-state index is 14.9. The molecule has 0 saturated carbocycles. The molecule has 2 aromatic carbocycles. The highest BCUT2D eigenvalue weighted by atomic mass is 19.4. The third kappa shape index (κ3) is 3.51. The van der Waals surface area contributed by atoms with Gasteiger partial charge in [-0.2, -0.15) is 74.6 Å². The van der Waals surface area contributed by atoms with Crippen LogP contribution in [-0.4, -0.2) is 41.7 Å². The van der Waals surface area contributed by atoms with Gasteiger partial charge in [-0.1, -0.05) is 42.5 Å². The molecule has 17 heteroatoms. The molecule has 0 radical (unpaired) electrons. The molecule has 0 bridgehead atoms. The van der Waals surface area contributed by atoms with E-state index >= 15 is 0 Å². The maximum absolute atomic E-state index is 14.9. The Bertz CT molecular complexity index is 1220. The summed E-state index contributed by atoms with van der Waals surface area (Å²) in [6.45, 7) is 0. The predicted octanol–water partition coefficient (Wildman–Crippen LogP) is 8.72. The fraction of sp³-hybridized carbons (Fsp3) is 0.429. The van der Waals surface area contributed by atoms with Crippen LogP contribution < -0.4 is 0 Å². The Labute approximate surface area is 200 Å². The van der Waals surface area contributed by atoms with E-state index in [-0.39, 0.29) is 29.2 Å². The second-order valence-corrected chi connectivity index (χ2v) is 8.19. The molecule has 38 heavy (non-hydrogen) atoms. The lowest BCUT2D eigenvalue weighted by Gasteiger charge is -2.43. The molecule has 0 atom stereocenters. The first-order valence-electron chi connectivity index (χ1n) is 9.74. The molecule has 0 heterocycles. The van der Waals surface area contributed by atoms with Gasteiger partial charge in [0, 0.05) is 5.56 Å². The summed E-state index contributed by atoms with van der Waals surface area (Å²) in [5.41, 5.74) is -3.49. The topological polar surface area (TPSA) is 0 Å². The molecule has 0 N–H and O–H groups in total. The highest BCUT2D eigenvalue weighted by Gasteiger charge is 2.95. The molecule has 0 fully saturated rings. The van der Waals surface area contributed by atoms with E-state index in [4.69, 9.17) is 0 Å². The van der Waals surface area contributed by atoms with Crippen LogP contribution in [0.1, 0.15) is 16.7 Å². The number of halogens is 17. The van der Waals surface area contributed by atoms with Gasteiger partial charge in [0.15, 0.2) is 0 Å². The predicted molar refractivity (Wildman–Crippen MR) is 94.3 cm³/mol. The first kappa shape index (κ1) is 29.8. The Morgan fingerprint density at radius 3 is 1.34 bits per heavy atom. The van der Waals surface area contributed by atoms with Crippen molar-refractivity contribution in [2.45, 2.75) is 54.1 Å². The Balaban J connectivity index is 2.19. The van der Waals surface area contributed by atoms with Crippen LogP contribution in [0.25, 0.3) is 11.1 Å². The molecule has 0 nitrogen and oxygen atoms in total. The number of benzene rings is 2. The van der Waals surface area contributed by atoms with Gasteiger partial charge in [0.2, 0.25) is 0 Å². The Kier molecular flexibility index (Phi) is 6.38. The third-order valence-electron chi connectivity index (χ3n) is 5.88. The van der Waals surface area contributed by atoms with Crippen molar-refractivity contribution < 1.29 is 74.6 Å². The van der Waals surface area contributed by atoms with Crippen LogP contribution in [0.15, 0.2) is 42.5 Å². The average molecular weight is 584 g/mol. The minimum absolute atomic E-state index is 0.00756. The largest absolute Gasteiger partial charge is 0.460 e. The van der Waals surface area contributed by atoms with E-state index < -0.39 is 58.8 Å². The van der Waals surface area contributed by atoms with E-state index in [1.54, 1.807) is 0 Å². The van der Waals surface area contributed by atoms with Gasteiger partial charge in [0.05, 0.1) is 0 Å². The van der Waals surface area contributed by atoms with Gasteiger partial charge in [0.25, 0.3) is 0 Å². The second kappa shape index (κ2) is 8.13. The normalized spacial score (nSPS) is 15.9. The maximum Gasteiger partial charge on any atom is 0.460 e. The summed E-state index contributed by atoms with van der Waals surface area (Å²) < 4.78 is 232. The summed E-state index contributed by atoms with van der Waals surface area (Å²) in [5.74, 6) is -56.6. The van der Waals surface area contributed by atoms with Crippen LogP contribution in [0.2, 0.25) is 0 Å². The molecule has 0 aromatic heterocycles. The fourth-order valence-corrected chi connectivity index (χ4v) is 3.78. The van der Waals surface area contributed by atoms with Gasteiger partial charge in [-0.15, -0.1) is 0 Å². The minimum Gasteiger partial charge on any atom is -0.194 e. The molecule has 1 aliphatic carbocycles. The summed E-state index contributed by atoms with van der Waals surface area (Å²) >= 11 is 0. The molecular weight excluding hydrogens is 575 g/mol. The van der Waals surface area contributed by atoms with Crippen LogP contribution in [0.3, 0.4) is 0 Å². The first-order chi connectivity index (χ1) is 16.8. The number of hydrogen-bond acceptors (Lipinski definition) is 0. The van der Waals surface area contributed by atoms with E-state index in [2.05, 4.69) is 0 Å². The van der Waals surface area contributed by atoms with Crippen molar-refractivity contribution in [3.05, 3.63) is 59.2 Å². The van der Waals surface area contributed by atoms with E-state index in [0.29, 0.717) is 6.07 Å². The van der Waals surface area contributed by atoms with Crippen molar-refractivity contribution in [3.8, 4) is 11.1 Å². The SMILES string of the molecule is FC(F)(F)C(F)(F)C(F)(F)C(F)(F)C(F)(F)C(F)(F)C(F)(F)C(F)(F)c1cccc2c1-c1ccccc1C2. The molecule has 212 valence electrons. The second-order valence-electron chi connectivity index (χ2n) is 8.19. The van der Waals surface area contributed by atoms with E-state index in [0.717, 1.165) is 18.2 Å². The van der Waals surface area contributed by atoms with Crippen LogP contribution in [0.5, 0.6) is 0 Å². The minimum atomic E-state index is -8.65. The zero-order chi connectivity index (χ0) is 29.5. The molecule has 3 rings (SSSR count). The lowest BCUT2D eigenvalue weighted by molar-refractivity contribution is -0.462. The Hall–Kier alpha value is -2.75. The average Bonchev–Trinajstić information content (AvgIpc) is 3.16. The van der Waals surface area contributed by atoms with Crippen molar-refractivity contribution in [3.63, 3.8) is 0 Å². The third-order valence-corrected chi connectivity index (χ3v) is 5.88. The standard InChI is InChI=1S/C21H9F17/c22-14(23,12-7-3-5-10-8-9-4-1-2-6-11(9)13(10)12)15(24,25)16(26,27)17(28,29)18(30,31)19(32,33)20(34,35)21(36,37)38/h1-7H,8H2. The summed E-state index contributed by atoms with van der Waals surface area (Å²) in [6, 6.07) is 6.37. The van der Waals surface area contributed by atoms with E-state index in [1.807, 2.05) is 0 Å². The van der Waals surface area contributed by atoms with Gasteiger partial charge >= 0.3 is 47.6 Å². The van der Waals surface area contributed by atoms with Gasteiger partial charge in [-0.3, -0.25) is 0 Å². The van der Waals surface area contributed by atoms with E-state index in [9.17, 15) is 74.6 Å². The van der Waals surface area contributed by atoms with Crippen molar-refractivity contribution in [2.24, 2.45) is 0 Å². The molecule has 0 unspecified atom stereocenters. The smallest absolute Gasteiger partial charge is 0.194 e. The van der Waals surface area contributed by atoms with E-state index in [1.165, 1.54) is 12.1 Å². The van der Waals surface area contributed by atoms with Crippen molar-refractivity contribution >= 4 is 0 Å². The molecule has 0 aliphatic heterocycles. The number of fused-ring (bicyclic) bond motifs is 3. The molecule has 0 amide bonds. The molecule has 0 spiro atoms. The lowest BCUT2D eigenvalue weighted by Crippen LogP contribution is -2.74. The van der Waals surface area contributed by atoms with Crippen molar-refractivity contribution in [2.75, 3.05) is 0 Å². The zero-order valence-electron chi connectivity index (χ0n) is 17.7. The van der Waals surface area contributed by atoms with Gasteiger partial charge < -0.3 is 0 Å². The molecular formula is C21H9F17. The summed E-state index contributed by atoms with van der Waals surface area (Å²) in [6.07, 6.45) is -8.06. The molecule has 0 saturated heterocycles. The highest BCUT2D eigenvalue weighted by Crippen LogP contribution is 2.65. The first-order valence-corrected chi connectivity index (χ1v) is 9.74. The van der Waals surface area contributed by atoms with Crippen molar-refractivity contribution in [1.29, 1.82) is 0 Å². The van der Waals surface area contributed by atoms with Crippen LogP contribution in [0.4, 0.5) is 74.6 Å². The fourth-order valence-electron chi connectivity index (χ4n) is 3.78. The summed E-state index contributed by atoms with van der Waals surface area (Å²) in [4.78, 5) is 0. The summed E-state index contributed by atoms with van der Waals surface area (Å²) in [5, 5.41) is 0. The Morgan fingerprint density at radius 2 is 0.842 bits per heavy atom. The number of rotatable bonds is 7. The van der Waals surface area contributed by atoms with Crippen LogP contribution in [0, 0.1) is 0 Å². The number of alkyl halides is 17. The highest BCUT2D eigenvalue weighted by molar-refractivity contribution is 5.80. The summed E-state index contributed by atoms with van der Waals surface area (Å²) in [7, 11) is 0. The number of hydrogen-bond donors (Lipinski definition) is 0. The quantitative estimate of drug-likeness (QED) is 0.244. The van der Waals surface area contributed by atoms with Crippen LogP contribution >= 0.6 is 0 Å².